The largest absolute Gasteiger partial charge is 0.453 e. The predicted octanol–water partition coefficient (Wildman–Crippen LogP) is 4.49. The number of hydrogen-bond donors (Lipinski definition) is 1. The number of nitrogens with zero attached hydrogens (tertiary/aromatic N) is 2. The number of pyridine rings is 1. The number of nitrogens with one attached hydrogen (secondary N) is 1. The van der Waals surface area contributed by atoms with Crippen LogP contribution in [0.25, 0.3) is 0 Å². The first-order valence-electron chi connectivity index (χ1n) is 9.68. The van der Waals surface area contributed by atoms with E-state index in [4.69, 9.17) is 4.74 Å². The molecule has 9 heteroatoms. The van der Waals surface area contributed by atoms with E-state index in [2.05, 4.69) is 9.71 Å². The number of fused-ring (bicyclic) bond motifs is 2. The molecule has 0 radical (unpaired) electrons. The van der Waals surface area contributed by atoms with Gasteiger partial charge in [-0.1, -0.05) is 13.0 Å². The van der Waals surface area contributed by atoms with E-state index in [-0.39, 0.29) is 21.9 Å². The molecule has 0 saturated heterocycles. The van der Waals surface area contributed by atoms with E-state index in [9.17, 15) is 17.6 Å². The van der Waals surface area contributed by atoms with Crippen LogP contribution in [0.15, 0.2) is 59.6 Å². The van der Waals surface area contributed by atoms with Crippen LogP contribution in [0.3, 0.4) is 0 Å². The van der Waals surface area contributed by atoms with Crippen LogP contribution in [-0.4, -0.2) is 25.9 Å². The number of amides is 1. The topological polar surface area (TPSA) is 88.6 Å². The van der Waals surface area contributed by atoms with E-state index in [1.165, 1.54) is 35.2 Å². The van der Waals surface area contributed by atoms with Gasteiger partial charge in [0.05, 0.1) is 16.1 Å². The minimum absolute atomic E-state index is 0.0878. The van der Waals surface area contributed by atoms with Gasteiger partial charge in [-0.05, 0) is 61.4 Å². The normalized spacial score (nSPS) is 13.1. The third-order valence-corrected chi connectivity index (χ3v) is 6.21. The van der Waals surface area contributed by atoms with E-state index >= 15 is 0 Å². The first kappa shape index (κ1) is 20.8. The number of benzene rings is 2. The van der Waals surface area contributed by atoms with Crippen LogP contribution in [0.4, 0.5) is 15.9 Å². The monoisotopic (exact) mass is 441 g/mol. The number of rotatable bonds is 5. The highest BCUT2D eigenvalue weighted by Gasteiger charge is 2.30. The number of aryl methyl sites for hydroxylation is 1. The Balaban J connectivity index is 1.74. The first-order chi connectivity index (χ1) is 14.8. The second-order valence-corrected chi connectivity index (χ2v) is 8.79. The van der Waals surface area contributed by atoms with Crippen LogP contribution in [-0.2, 0) is 10.0 Å². The van der Waals surface area contributed by atoms with Crippen LogP contribution in [0.2, 0.25) is 0 Å². The van der Waals surface area contributed by atoms with Gasteiger partial charge in [-0.25, -0.2) is 17.8 Å². The summed E-state index contributed by atoms with van der Waals surface area (Å²) in [5.74, 6) is 0.0900. The molecule has 4 rings (SSSR count). The van der Waals surface area contributed by atoms with Crippen molar-refractivity contribution in [2.45, 2.75) is 25.2 Å². The van der Waals surface area contributed by atoms with Gasteiger partial charge in [0.2, 0.25) is 0 Å². The van der Waals surface area contributed by atoms with Gasteiger partial charge in [0.25, 0.3) is 15.9 Å². The lowest BCUT2D eigenvalue weighted by molar-refractivity contribution is 0.0986. The molecule has 160 valence electrons. The summed E-state index contributed by atoms with van der Waals surface area (Å²) in [6.07, 6.45) is 2.24. The number of aromatic nitrogens is 1. The number of sulfonamides is 1. The minimum atomic E-state index is -4.07. The molecule has 0 fully saturated rings. The van der Waals surface area contributed by atoms with Crippen molar-refractivity contribution >= 4 is 27.4 Å². The Morgan fingerprint density at radius 1 is 1.13 bits per heavy atom. The van der Waals surface area contributed by atoms with E-state index < -0.39 is 21.7 Å². The number of carbonyl (C=O) groups excluding carboxylic acids is 1. The molecule has 0 unspecified atom stereocenters. The second kappa shape index (κ2) is 7.99. The predicted molar refractivity (Wildman–Crippen MR) is 115 cm³/mol. The highest BCUT2D eigenvalue weighted by atomic mass is 32.2. The lowest BCUT2D eigenvalue weighted by Gasteiger charge is -2.20. The maximum Gasteiger partial charge on any atom is 0.263 e. The Morgan fingerprint density at radius 3 is 2.68 bits per heavy atom. The van der Waals surface area contributed by atoms with Gasteiger partial charge < -0.3 is 4.74 Å². The van der Waals surface area contributed by atoms with Crippen molar-refractivity contribution in [2.24, 2.45) is 0 Å². The zero-order chi connectivity index (χ0) is 22.2. The molecule has 3 aromatic rings. The average molecular weight is 441 g/mol. The zero-order valence-corrected chi connectivity index (χ0v) is 17.7. The molecule has 0 atom stereocenters. The van der Waals surface area contributed by atoms with Crippen molar-refractivity contribution in [3.8, 4) is 11.5 Å². The summed E-state index contributed by atoms with van der Waals surface area (Å²) in [5, 5.41) is 0. The third kappa shape index (κ3) is 3.96. The summed E-state index contributed by atoms with van der Waals surface area (Å²) in [6.45, 7) is 3.90. The summed E-state index contributed by atoms with van der Waals surface area (Å²) >= 11 is 0. The standard InChI is InChI=1S/C22H20FN3O4S/c1-3-11-26-21-20(5-4-10-24-21)30-19-9-8-16(13-17(19)22(26)27)31(28,29)25-15-7-6-14(2)18(23)12-15/h4-10,12-13,25H,3,11H2,1-2H3. The fourth-order valence-electron chi connectivity index (χ4n) is 3.26. The molecule has 0 bridgehead atoms. The average Bonchev–Trinajstić information content (AvgIpc) is 2.85. The number of carbonyl (C=O) groups is 1. The van der Waals surface area contributed by atoms with Crippen LogP contribution in [0.1, 0.15) is 29.3 Å². The minimum Gasteiger partial charge on any atom is -0.453 e. The Kier molecular flexibility index (Phi) is 5.36. The van der Waals surface area contributed by atoms with E-state index in [1.54, 1.807) is 25.3 Å². The first-order valence-corrected chi connectivity index (χ1v) is 11.2. The third-order valence-electron chi connectivity index (χ3n) is 4.83. The molecule has 1 amide bonds. The Labute approximate surface area is 179 Å². The van der Waals surface area contributed by atoms with Crippen LogP contribution in [0.5, 0.6) is 11.5 Å². The van der Waals surface area contributed by atoms with Crippen LogP contribution < -0.4 is 14.4 Å². The Bertz CT molecular complexity index is 1280. The highest BCUT2D eigenvalue weighted by molar-refractivity contribution is 7.92. The molecule has 1 aliphatic rings. The summed E-state index contributed by atoms with van der Waals surface area (Å²) in [4.78, 5) is 18.9. The Hall–Kier alpha value is -3.46. The molecule has 0 spiro atoms. The summed E-state index contributed by atoms with van der Waals surface area (Å²) in [7, 11) is -4.07. The highest BCUT2D eigenvalue weighted by Crippen LogP contribution is 2.38. The molecular weight excluding hydrogens is 421 g/mol. The summed E-state index contributed by atoms with van der Waals surface area (Å²) < 4.78 is 47.8. The molecule has 2 aromatic carbocycles. The summed E-state index contributed by atoms with van der Waals surface area (Å²) in [5.41, 5.74) is 0.592. The van der Waals surface area contributed by atoms with Crippen LogP contribution >= 0.6 is 0 Å². The molecule has 2 heterocycles. The molecule has 1 aliphatic heterocycles. The van der Waals surface area contributed by atoms with Gasteiger partial charge in [0, 0.05) is 12.7 Å². The maximum absolute atomic E-state index is 13.8. The quantitative estimate of drug-likeness (QED) is 0.630. The van der Waals surface area contributed by atoms with Crippen molar-refractivity contribution < 1.29 is 22.3 Å². The fraction of sp³-hybridized carbons (Fsp3) is 0.182. The van der Waals surface area contributed by atoms with Gasteiger partial charge in [0.1, 0.15) is 11.6 Å². The smallest absolute Gasteiger partial charge is 0.263 e. The van der Waals surface area contributed by atoms with E-state index in [1.807, 2.05) is 6.92 Å². The number of halogens is 1. The molecule has 31 heavy (non-hydrogen) atoms. The lowest BCUT2D eigenvalue weighted by atomic mass is 10.1. The molecule has 1 aromatic heterocycles. The van der Waals surface area contributed by atoms with Crippen molar-refractivity contribution in [2.75, 3.05) is 16.2 Å². The van der Waals surface area contributed by atoms with Gasteiger partial charge in [-0.3, -0.25) is 14.4 Å². The van der Waals surface area contributed by atoms with Gasteiger partial charge in [-0.2, -0.15) is 0 Å². The second-order valence-electron chi connectivity index (χ2n) is 7.11. The van der Waals surface area contributed by atoms with Crippen LogP contribution in [0, 0.1) is 12.7 Å². The number of hydrogen-bond acceptors (Lipinski definition) is 5. The van der Waals surface area contributed by atoms with Gasteiger partial charge in [-0.15, -0.1) is 0 Å². The van der Waals surface area contributed by atoms with Crippen molar-refractivity contribution in [3.63, 3.8) is 0 Å². The van der Waals surface area contributed by atoms with Crippen molar-refractivity contribution in [1.82, 2.24) is 4.98 Å². The van der Waals surface area contributed by atoms with E-state index in [0.717, 1.165) is 6.07 Å². The van der Waals surface area contributed by atoms with Gasteiger partial charge in [0.15, 0.2) is 11.6 Å². The summed E-state index contributed by atoms with van der Waals surface area (Å²) in [6, 6.07) is 11.5. The Morgan fingerprint density at radius 2 is 1.94 bits per heavy atom. The SMILES string of the molecule is CCCN1C(=O)c2cc(S(=O)(=O)Nc3ccc(C)c(F)c3)ccc2Oc2cccnc21. The van der Waals surface area contributed by atoms with Crippen molar-refractivity contribution in [3.05, 3.63) is 71.7 Å². The molecule has 1 N–H and O–H groups in total. The van der Waals surface area contributed by atoms with Gasteiger partial charge >= 0.3 is 0 Å². The van der Waals surface area contributed by atoms with E-state index in [0.29, 0.717) is 30.1 Å². The maximum atomic E-state index is 13.8. The molecule has 7 nitrogen and oxygen atoms in total. The molecule has 0 aliphatic carbocycles. The lowest BCUT2D eigenvalue weighted by Crippen LogP contribution is -2.31. The zero-order valence-electron chi connectivity index (χ0n) is 16.9. The van der Waals surface area contributed by atoms with Crippen molar-refractivity contribution in [1.29, 1.82) is 0 Å². The number of ether oxygens (including phenoxy) is 1. The molecular formula is C22H20FN3O4S. The molecule has 0 saturated carbocycles. The number of anilines is 2. The fourth-order valence-corrected chi connectivity index (χ4v) is 4.33.